The molecule has 2 aliphatic carbocycles. The van der Waals surface area contributed by atoms with Crippen molar-refractivity contribution < 1.29 is 35.5 Å². The molecule has 3 aliphatic rings. The molecule has 2 aromatic carbocycles. The van der Waals surface area contributed by atoms with Gasteiger partial charge in [0.25, 0.3) is 0 Å². The molecule has 3 aromatic rings. The van der Waals surface area contributed by atoms with E-state index in [9.17, 15) is 31.6 Å². The Kier molecular flexibility index (Phi) is 7.82. The van der Waals surface area contributed by atoms with Gasteiger partial charge in [-0.3, -0.25) is 4.79 Å². The Bertz CT molecular complexity index is 1680. The largest absolute Gasteiger partial charge is 0.573 e. The number of nitrogens with one attached hydrogen (secondary N) is 1. The van der Waals surface area contributed by atoms with E-state index in [2.05, 4.69) is 21.1 Å². The lowest BCUT2D eigenvalue weighted by atomic mass is 9.76. The summed E-state index contributed by atoms with van der Waals surface area (Å²) in [5, 5.41) is 12.5. The monoisotopic (exact) mass is 628 g/mol. The number of oxazole rings is 1. The molecule has 3 fully saturated rings. The molecule has 2 saturated carbocycles. The standard InChI is InChI=1S/C31H31F3N4O5S/c32-31(33,34)43-25-8-4-3-7-24(25)29-36-26(20-9-11-21(12-10-20)38-15-17-44(40,41)18-16-38)27(42-29)22-5-1-2-6-23(22)28(39)37-30(19-35)13-14-30/h3-4,7-12,22-23H,1-2,5-6,13-18H2,(H,37,39)/t22-,23-/m1/s1. The first-order chi connectivity index (χ1) is 21.0. The van der Waals surface area contributed by atoms with Gasteiger partial charge < -0.3 is 19.4 Å². The Morgan fingerprint density at radius 1 is 1.07 bits per heavy atom. The Labute approximate surface area is 252 Å². The molecule has 0 radical (unpaired) electrons. The minimum atomic E-state index is -4.93. The number of amides is 1. The van der Waals surface area contributed by atoms with Gasteiger partial charge in [0.1, 0.15) is 22.7 Å². The molecular formula is C31H31F3N4O5S. The molecule has 232 valence electrons. The highest BCUT2D eigenvalue weighted by atomic mass is 32.2. The topological polar surface area (TPSA) is 126 Å². The third-order valence-electron chi connectivity index (χ3n) is 8.61. The number of rotatable bonds is 7. The maximum Gasteiger partial charge on any atom is 0.573 e. The zero-order valence-electron chi connectivity index (χ0n) is 23.8. The highest BCUT2D eigenvalue weighted by molar-refractivity contribution is 7.91. The molecule has 9 nitrogen and oxygen atoms in total. The van der Waals surface area contributed by atoms with Crippen molar-refractivity contribution in [3.63, 3.8) is 0 Å². The molecule has 2 atom stereocenters. The van der Waals surface area contributed by atoms with Crippen molar-refractivity contribution in [3.8, 4) is 34.5 Å². The fraction of sp³-hybridized carbons (Fsp3) is 0.452. The molecule has 0 spiro atoms. The van der Waals surface area contributed by atoms with Crippen LogP contribution in [-0.2, 0) is 14.6 Å². The molecule has 6 rings (SSSR count). The number of aromatic nitrogens is 1. The van der Waals surface area contributed by atoms with Crippen LogP contribution < -0.4 is 15.0 Å². The Morgan fingerprint density at radius 2 is 1.75 bits per heavy atom. The van der Waals surface area contributed by atoms with Crippen LogP contribution in [-0.4, -0.2) is 55.8 Å². The summed E-state index contributed by atoms with van der Waals surface area (Å²) in [4.78, 5) is 20.1. The number of hydrogen-bond acceptors (Lipinski definition) is 8. The quantitative estimate of drug-likeness (QED) is 0.359. The van der Waals surface area contributed by atoms with Gasteiger partial charge in [-0.05, 0) is 49.9 Å². The van der Waals surface area contributed by atoms with Gasteiger partial charge in [-0.25, -0.2) is 13.4 Å². The van der Waals surface area contributed by atoms with Gasteiger partial charge >= 0.3 is 6.36 Å². The predicted octanol–water partition coefficient (Wildman–Crippen LogP) is 5.59. The van der Waals surface area contributed by atoms with Crippen LogP contribution in [0.3, 0.4) is 0 Å². The molecule has 1 aromatic heterocycles. The second-order valence-corrected chi connectivity index (χ2v) is 13.9. The summed E-state index contributed by atoms with van der Waals surface area (Å²) in [7, 11) is -3.05. The summed E-state index contributed by atoms with van der Waals surface area (Å²) in [5.41, 5.74) is 1.05. The van der Waals surface area contributed by atoms with Crippen LogP contribution >= 0.6 is 0 Å². The number of sulfone groups is 1. The highest BCUT2D eigenvalue weighted by Crippen LogP contribution is 2.46. The third kappa shape index (κ3) is 6.40. The van der Waals surface area contributed by atoms with Crippen LogP contribution in [0, 0.1) is 17.2 Å². The lowest BCUT2D eigenvalue weighted by Crippen LogP contribution is -2.42. The molecule has 0 unspecified atom stereocenters. The predicted molar refractivity (Wildman–Crippen MR) is 155 cm³/mol. The molecule has 13 heteroatoms. The van der Waals surface area contributed by atoms with Gasteiger partial charge in [0, 0.05) is 36.2 Å². The number of carbonyl (C=O) groups is 1. The minimum absolute atomic E-state index is 0.0155. The van der Waals surface area contributed by atoms with Crippen LogP contribution in [0.5, 0.6) is 5.75 Å². The highest BCUT2D eigenvalue weighted by Gasteiger charge is 2.47. The smallest absolute Gasteiger partial charge is 0.440 e. The van der Waals surface area contributed by atoms with E-state index >= 15 is 0 Å². The summed E-state index contributed by atoms with van der Waals surface area (Å²) in [6.07, 6.45) is -0.946. The molecular weight excluding hydrogens is 597 g/mol. The van der Waals surface area contributed by atoms with Crippen LogP contribution in [0.15, 0.2) is 52.9 Å². The number of para-hydroxylation sites is 1. The van der Waals surface area contributed by atoms with E-state index in [1.807, 2.05) is 29.2 Å². The lowest BCUT2D eigenvalue weighted by molar-refractivity contribution is -0.274. The Hall–Kier alpha value is -4.05. The number of alkyl halides is 3. The van der Waals surface area contributed by atoms with Crippen molar-refractivity contribution >= 4 is 21.4 Å². The van der Waals surface area contributed by atoms with Crippen molar-refractivity contribution in [3.05, 3.63) is 54.3 Å². The summed E-state index contributed by atoms with van der Waals surface area (Å²) >= 11 is 0. The fourth-order valence-electron chi connectivity index (χ4n) is 6.04. The number of nitrogens with zero attached hydrogens (tertiary/aromatic N) is 3. The molecule has 1 amide bonds. The normalized spacial score (nSPS) is 22.5. The average Bonchev–Trinajstić information content (AvgIpc) is 3.63. The van der Waals surface area contributed by atoms with Gasteiger partial charge in [-0.2, -0.15) is 5.26 Å². The Balaban J connectivity index is 1.39. The number of nitriles is 1. The van der Waals surface area contributed by atoms with Gasteiger partial charge in [-0.15, -0.1) is 13.2 Å². The first kappa shape index (κ1) is 30.0. The van der Waals surface area contributed by atoms with E-state index in [0.717, 1.165) is 18.5 Å². The molecule has 1 N–H and O–H groups in total. The first-order valence-electron chi connectivity index (χ1n) is 14.6. The van der Waals surface area contributed by atoms with Gasteiger partial charge in [0.2, 0.25) is 11.8 Å². The summed E-state index contributed by atoms with van der Waals surface area (Å²) in [6, 6.07) is 15.1. The van der Waals surface area contributed by atoms with Crippen molar-refractivity contribution in [2.24, 2.45) is 5.92 Å². The molecule has 2 heterocycles. The maximum atomic E-state index is 13.5. The van der Waals surface area contributed by atoms with Crippen molar-refractivity contribution in [1.82, 2.24) is 10.3 Å². The minimum Gasteiger partial charge on any atom is -0.440 e. The van der Waals surface area contributed by atoms with E-state index in [1.54, 1.807) is 6.07 Å². The maximum absolute atomic E-state index is 13.5. The van der Waals surface area contributed by atoms with Gasteiger partial charge in [0.15, 0.2) is 9.84 Å². The third-order valence-corrected chi connectivity index (χ3v) is 10.2. The first-order valence-corrected chi connectivity index (χ1v) is 16.4. The summed E-state index contributed by atoms with van der Waals surface area (Å²) < 4.78 is 74.1. The van der Waals surface area contributed by atoms with E-state index < -0.39 is 39.3 Å². The van der Waals surface area contributed by atoms with Gasteiger partial charge in [0.05, 0.1) is 23.1 Å². The number of anilines is 1. The molecule has 1 saturated heterocycles. The zero-order valence-corrected chi connectivity index (χ0v) is 24.6. The number of benzene rings is 2. The number of ether oxygens (including phenoxy) is 1. The second-order valence-electron chi connectivity index (χ2n) is 11.6. The van der Waals surface area contributed by atoms with Crippen LogP contribution in [0.2, 0.25) is 0 Å². The van der Waals surface area contributed by atoms with E-state index in [4.69, 9.17) is 4.42 Å². The van der Waals surface area contributed by atoms with E-state index in [0.29, 0.717) is 55.8 Å². The SMILES string of the molecule is N#CC1(NC(=O)[C@@H]2CCCC[C@H]2c2oc(-c3ccccc3OC(F)(F)F)nc2-c2ccc(N3CCS(=O)(=O)CC3)cc2)CC1. The second kappa shape index (κ2) is 11.5. The van der Waals surface area contributed by atoms with Gasteiger partial charge in [-0.1, -0.05) is 37.1 Å². The lowest BCUT2D eigenvalue weighted by Gasteiger charge is -2.30. The number of halogens is 3. The molecule has 44 heavy (non-hydrogen) atoms. The van der Waals surface area contributed by atoms with Crippen LogP contribution in [0.1, 0.15) is 50.2 Å². The Morgan fingerprint density at radius 3 is 2.41 bits per heavy atom. The van der Waals surface area contributed by atoms with Crippen LogP contribution in [0.25, 0.3) is 22.7 Å². The van der Waals surface area contributed by atoms with Crippen molar-refractivity contribution in [2.75, 3.05) is 29.5 Å². The number of hydrogen-bond donors (Lipinski definition) is 1. The molecule has 0 bridgehead atoms. The fourth-order valence-corrected chi connectivity index (χ4v) is 7.24. The summed E-state index contributed by atoms with van der Waals surface area (Å²) in [6.45, 7) is 0.750. The molecule has 1 aliphatic heterocycles. The summed E-state index contributed by atoms with van der Waals surface area (Å²) in [5.74, 6) is -1.17. The van der Waals surface area contributed by atoms with E-state index in [-0.39, 0.29) is 28.9 Å². The van der Waals surface area contributed by atoms with E-state index in [1.165, 1.54) is 18.2 Å². The van der Waals surface area contributed by atoms with Crippen LogP contribution in [0.4, 0.5) is 18.9 Å². The zero-order chi connectivity index (χ0) is 31.1. The van der Waals surface area contributed by atoms with Crippen molar-refractivity contribution in [1.29, 1.82) is 5.26 Å². The number of carbonyl (C=O) groups excluding carboxylic acids is 1. The van der Waals surface area contributed by atoms with Crippen molar-refractivity contribution in [2.45, 2.75) is 56.3 Å². The average molecular weight is 629 g/mol.